The number of rotatable bonds is 5. The standard InChI is InChI=1S/C12H17ClN2O.ClH/c1-10(14-16-9-8-15(2)3)11-4-6-12(13)7-5-11;/h4-7H,8-9H2,1-3H3;1H/b14-10+;. The zero-order chi connectivity index (χ0) is 12.0. The van der Waals surface area contributed by atoms with Gasteiger partial charge < -0.3 is 9.74 Å². The van der Waals surface area contributed by atoms with E-state index in [4.69, 9.17) is 16.4 Å². The van der Waals surface area contributed by atoms with Gasteiger partial charge in [-0.2, -0.15) is 0 Å². The maximum Gasteiger partial charge on any atom is 0.129 e. The molecule has 0 aromatic heterocycles. The molecule has 3 nitrogen and oxygen atoms in total. The van der Waals surface area contributed by atoms with Crippen LogP contribution in [-0.4, -0.2) is 37.9 Å². The lowest BCUT2D eigenvalue weighted by Crippen LogP contribution is -2.17. The van der Waals surface area contributed by atoms with Crippen LogP contribution >= 0.6 is 24.0 Å². The molecule has 17 heavy (non-hydrogen) atoms. The molecule has 0 saturated carbocycles. The minimum Gasteiger partial charge on any atom is -0.394 e. The predicted octanol–water partition coefficient (Wildman–Crippen LogP) is 3.06. The second kappa shape index (κ2) is 8.34. The van der Waals surface area contributed by atoms with Crippen LogP contribution in [0, 0.1) is 0 Å². The largest absolute Gasteiger partial charge is 0.394 e. The molecular formula is C12H18Cl2N2O. The summed E-state index contributed by atoms with van der Waals surface area (Å²) >= 11 is 5.80. The highest BCUT2D eigenvalue weighted by atomic mass is 35.5. The Morgan fingerprint density at radius 1 is 1.29 bits per heavy atom. The molecule has 0 aliphatic carbocycles. The Kier molecular flexibility index (Phi) is 7.96. The van der Waals surface area contributed by atoms with Crippen molar-refractivity contribution in [2.45, 2.75) is 6.92 Å². The van der Waals surface area contributed by atoms with Crippen molar-refractivity contribution in [2.24, 2.45) is 5.16 Å². The lowest BCUT2D eigenvalue weighted by atomic mass is 10.1. The molecule has 0 unspecified atom stereocenters. The lowest BCUT2D eigenvalue weighted by Gasteiger charge is -2.08. The summed E-state index contributed by atoms with van der Waals surface area (Å²) in [7, 11) is 4.00. The topological polar surface area (TPSA) is 24.8 Å². The first-order valence-electron chi connectivity index (χ1n) is 5.17. The van der Waals surface area contributed by atoms with Gasteiger partial charge in [-0.3, -0.25) is 0 Å². The molecular weight excluding hydrogens is 259 g/mol. The van der Waals surface area contributed by atoms with Gasteiger partial charge in [0.1, 0.15) is 6.61 Å². The van der Waals surface area contributed by atoms with Crippen molar-refractivity contribution in [1.82, 2.24) is 4.90 Å². The molecule has 0 fully saturated rings. The number of benzene rings is 1. The third-order valence-electron chi connectivity index (χ3n) is 2.09. The molecule has 0 heterocycles. The fraction of sp³-hybridized carbons (Fsp3) is 0.417. The van der Waals surface area contributed by atoms with Crippen LogP contribution in [0.5, 0.6) is 0 Å². The fourth-order valence-electron chi connectivity index (χ4n) is 1.11. The van der Waals surface area contributed by atoms with E-state index in [1.165, 1.54) is 0 Å². The monoisotopic (exact) mass is 276 g/mol. The molecule has 0 radical (unpaired) electrons. The van der Waals surface area contributed by atoms with Gasteiger partial charge in [0.15, 0.2) is 0 Å². The molecule has 0 saturated heterocycles. The van der Waals surface area contributed by atoms with E-state index in [0.717, 1.165) is 22.8 Å². The molecule has 1 aromatic rings. The molecule has 5 heteroatoms. The van der Waals surface area contributed by atoms with E-state index in [2.05, 4.69) is 5.16 Å². The maximum absolute atomic E-state index is 5.80. The van der Waals surface area contributed by atoms with E-state index < -0.39 is 0 Å². The van der Waals surface area contributed by atoms with Crippen LogP contribution in [0.2, 0.25) is 5.02 Å². The summed E-state index contributed by atoms with van der Waals surface area (Å²) in [5, 5.41) is 4.77. The predicted molar refractivity (Wildman–Crippen MR) is 75.4 cm³/mol. The van der Waals surface area contributed by atoms with Crippen molar-refractivity contribution in [3.05, 3.63) is 34.9 Å². The molecule has 0 aliphatic rings. The Bertz CT molecular complexity index is 350. The third-order valence-corrected chi connectivity index (χ3v) is 2.35. The highest BCUT2D eigenvalue weighted by molar-refractivity contribution is 6.30. The summed E-state index contributed by atoms with van der Waals surface area (Å²) in [4.78, 5) is 7.25. The number of halogens is 2. The molecule has 0 aliphatic heterocycles. The van der Waals surface area contributed by atoms with E-state index in [0.29, 0.717) is 6.61 Å². The summed E-state index contributed by atoms with van der Waals surface area (Å²) in [5.41, 5.74) is 1.88. The average molecular weight is 277 g/mol. The van der Waals surface area contributed by atoms with E-state index >= 15 is 0 Å². The maximum atomic E-state index is 5.80. The number of hydrogen-bond donors (Lipinski definition) is 0. The summed E-state index contributed by atoms with van der Waals surface area (Å²) < 4.78 is 0. The van der Waals surface area contributed by atoms with Crippen molar-refractivity contribution in [3.63, 3.8) is 0 Å². The Labute approximate surface area is 114 Å². The second-order valence-corrected chi connectivity index (χ2v) is 4.26. The van der Waals surface area contributed by atoms with E-state index in [-0.39, 0.29) is 12.4 Å². The van der Waals surface area contributed by atoms with Gasteiger partial charge in [-0.05, 0) is 38.7 Å². The van der Waals surface area contributed by atoms with E-state index in [9.17, 15) is 0 Å². The Morgan fingerprint density at radius 3 is 2.41 bits per heavy atom. The summed E-state index contributed by atoms with van der Waals surface area (Å²) in [6.07, 6.45) is 0. The first-order valence-corrected chi connectivity index (χ1v) is 5.54. The van der Waals surface area contributed by atoms with Crippen LogP contribution in [-0.2, 0) is 4.84 Å². The van der Waals surface area contributed by atoms with Crippen molar-refractivity contribution in [3.8, 4) is 0 Å². The van der Waals surface area contributed by atoms with Crippen LogP contribution in [0.4, 0.5) is 0 Å². The molecule has 1 aromatic carbocycles. The minimum atomic E-state index is 0. The number of oxime groups is 1. The highest BCUT2D eigenvalue weighted by Gasteiger charge is 1.97. The Hall–Kier alpha value is -0.770. The van der Waals surface area contributed by atoms with Gasteiger partial charge >= 0.3 is 0 Å². The van der Waals surface area contributed by atoms with Crippen molar-refractivity contribution in [1.29, 1.82) is 0 Å². The molecule has 0 atom stereocenters. The quantitative estimate of drug-likeness (QED) is 0.469. The molecule has 0 amide bonds. The van der Waals surface area contributed by atoms with Gasteiger partial charge in [-0.1, -0.05) is 28.9 Å². The van der Waals surface area contributed by atoms with Gasteiger partial charge in [0.05, 0.1) is 5.71 Å². The van der Waals surface area contributed by atoms with Crippen LogP contribution in [0.3, 0.4) is 0 Å². The number of nitrogens with zero attached hydrogens (tertiary/aromatic N) is 2. The Balaban J connectivity index is 0.00000256. The normalized spacial score (nSPS) is 11.2. The summed E-state index contributed by atoms with van der Waals surface area (Å²) in [6.45, 7) is 3.37. The highest BCUT2D eigenvalue weighted by Crippen LogP contribution is 2.10. The smallest absolute Gasteiger partial charge is 0.129 e. The average Bonchev–Trinajstić information content (AvgIpc) is 2.25. The van der Waals surface area contributed by atoms with Gasteiger partial charge in [0, 0.05) is 11.6 Å². The van der Waals surface area contributed by atoms with Crippen LogP contribution < -0.4 is 0 Å². The number of likely N-dealkylation sites (N-methyl/N-ethyl adjacent to an activating group) is 1. The van der Waals surface area contributed by atoms with Gasteiger partial charge in [-0.25, -0.2) is 0 Å². The van der Waals surface area contributed by atoms with Crippen LogP contribution in [0.1, 0.15) is 12.5 Å². The molecule has 1 rings (SSSR count). The fourth-order valence-corrected chi connectivity index (χ4v) is 1.24. The Morgan fingerprint density at radius 2 is 1.88 bits per heavy atom. The van der Waals surface area contributed by atoms with Crippen molar-refractivity contribution >= 4 is 29.7 Å². The minimum absolute atomic E-state index is 0. The first kappa shape index (κ1) is 16.2. The van der Waals surface area contributed by atoms with Gasteiger partial charge in [-0.15, -0.1) is 12.4 Å². The van der Waals surface area contributed by atoms with E-state index in [1.807, 2.05) is 50.2 Å². The second-order valence-electron chi connectivity index (χ2n) is 3.82. The van der Waals surface area contributed by atoms with Crippen LogP contribution in [0.25, 0.3) is 0 Å². The third kappa shape index (κ3) is 6.51. The first-order chi connectivity index (χ1) is 7.59. The zero-order valence-electron chi connectivity index (χ0n) is 10.3. The van der Waals surface area contributed by atoms with Gasteiger partial charge in [0.2, 0.25) is 0 Å². The molecule has 0 spiro atoms. The molecule has 0 bridgehead atoms. The number of hydrogen-bond acceptors (Lipinski definition) is 3. The SMILES string of the molecule is C/C(=N\OCCN(C)C)c1ccc(Cl)cc1.Cl. The van der Waals surface area contributed by atoms with Gasteiger partial charge in [0.25, 0.3) is 0 Å². The molecule has 96 valence electrons. The van der Waals surface area contributed by atoms with Crippen LogP contribution in [0.15, 0.2) is 29.4 Å². The molecule has 0 N–H and O–H groups in total. The van der Waals surface area contributed by atoms with Crippen molar-refractivity contribution < 1.29 is 4.84 Å². The summed E-state index contributed by atoms with van der Waals surface area (Å²) in [6, 6.07) is 7.54. The van der Waals surface area contributed by atoms with E-state index in [1.54, 1.807) is 0 Å². The lowest BCUT2D eigenvalue weighted by molar-refractivity contribution is 0.126. The van der Waals surface area contributed by atoms with Crippen molar-refractivity contribution in [2.75, 3.05) is 27.2 Å². The zero-order valence-corrected chi connectivity index (χ0v) is 11.9. The summed E-state index contributed by atoms with van der Waals surface area (Å²) in [5.74, 6) is 0.